The number of nitrogens with zero attached hydrogens (tertiary/aromatic N) is 1. The molecular weight excluding hydrogens is 472 g/mol. The molecule has 1 fully saturated rings. The van der Waals surface area contributed by atoms with Crippen LogP contribution in [0, 0.1) is 6.92 Å². The Kier molecular flexibility index (Phi) is 6.70. The molecule has 0 spiro atoms. The summed E-state index contributed by atoms with van der Waals surface area (Å²) in [6.45, 7) is 2.21. The fraction of sp³-hybridized carbons (Fsp3) is 0.476. The zero-order valence-corrected chi connectivity index (χ0v) is 19.2. The largest absolute Gasteiger partial charge is 0.507 e. The fourth-order valence-electron chi connectivity index (χ4n) is 4.26. The number of allylic oxidation sites excluding steroid dienone is 1. The van der Waals surface area contributed by atoms with E-state index < -0.39 is 52.5 Å². The van der Waals surface area contributed by atoms with Gasteiger partial charge in [-0.15, -0.1) is 0 Å². The first-order chi connectivity index (χ1) is 16.1. The third-order valence-electron chi connectivity index (χ3n) is 5.92. The number of benzene rings is 1. The normalized spacial score (nSPS) is 28.9. The average Bonchev–Trinajstić information content (AvgIpc) is 2.78. The third-order valence-corrected chi connectivity index (χ3v) is 7.30. The molecule has 7 N–H and O–H groups in total. The Labute approximate surface area is 195 Å². The van der Waals surface area contributed by atoms with Crippen molar-refractivity contribution < 1.29 is 44.3 Å². The fourth-order valence-corrected chi connectivity index (χ4v) is 5.42. The van der Waals surface area contributed by atoms with Gasteiger partial charge in [0.1, 0.15) is 35.0 Å². The van der Waals surface area contributed by atoms with Crippen LogP contribution in [0.25, 0.3) is 16.5 Å². The first-order valence-corrected chi connectivity index (χ1v) is 11.7. The monoisotopic (exact) mass is 498 g/mol. The van der Waals surface area contributed by atoms with Crippen molar-refractivity contribution in [2.24, 2.45) is 0 Å². The number of ether oxygens (including phenoxy) is 2. The molecule has 12 nitrogen and oxygen atoms in total. The number of hydrogen-bond acceptors (Lipinski definition) is 11. The lowest BCUT2D eigenvalue weighted by Gasteiger charge is -2.35. The van der Waals surface area contributed by atoms with Crippen LogP contribution in [0.1, 0.15) is 18.1 Å². The molecule has 2 aliphatic heterocycles. The number of hydrogen-bond donors (Lipinski definition) is 7. The van der Waals surface area contributed by atoms with Gasteiger partial charge < -0.3 is 50.0 Å². The second-order valence-electron chi connectivity index (χ2n) is 8.15. The number of nitrogens with one attached hydrogen (secondary N) is 1. The molecule has 1 saturated heterocycles. The van der Waals surface area contributed by atoms with Gasteiger partial charge in [-0.25, -0.2) is 0 Å². The topological polar surface area (TPSA) is 191 Å². The summed E-state index contributed by atoms with van der Waals surface area (Å²) in [6, 6.07) is 1.29. The summed E-state index contributed by atoms with van der Waals surface area (Å²) < 4.78 is 24.1. The van der Waals surface area contributed by atoms with E-state index in [1.165, 1.54) is 12.1 Å². The number of rotatable bonds is 5. The predicted molar refractivity (Wildman–Crippen MR) is 121 cm³/mol. The summed E-state index contributed by atoms with van der Waals surface area (Å²) in [4.78, 5) is 12.8. The molecule has 0 saturated carbocycles. The number of anilines is 1. The lowest BCUT2D eigenvalue weighted by Crippen LogP contribution is -2.53. The van der Waals surface area contributed by atoms with Gasteiger partial charge in [0.05, 0.1) is 24.4 Å². The molecule has 1 aromatic heterocycles. The molecule has 186 valence electrons. The zero-order chi connectivity index (χ0) is 24.9. The van der Waals surface area contributed by atoms with Gasteiger partial charge in [-0.3, -0.25) is 9.00 Å². The molecule has 6 atom stereocenters. The van der Waals surface area contributed by atoms with E-state index in [0.717, 1.165) is 4.57 Å². The van der Waals surface area contributed by atoms with Crippen molar-refractivity contribution in [1.29, 1.82) is 0 Å². The average molecular weight is 499 g/mol. The number of phenols is 2. The van der Waals surface area contributed by atoms with E-state index in [1.807, 2.05) is 0 Å². The summed E-state index contributed by atoms with van der Waals surface area (Å²) >= 11 is 0. The summed E-state index contributed by atoms with van der Waals surface area (Å²) in [5, 5.41) is 63.9. The van der Waals surface area contributed by atoms with Crippen LogP contribution in [0.4, 0.5) is 5.69 Å². The van der Waals surface area contributed by atoms with Crippen LogP contribution < -0.4 is 10.9 Å². The Hall–Kier alpha value is -2.52. The van der Waals surface area contributed by atoms with Crippen LogP contribution >= 0.6 is 0 Å². The highest BCUT2D eigenvalue weighted by Gasteiger charge is 2.43. The molecule has 1 aromatic carbocycles. The van der Waals surface area contributed by atoms with Crippen molar-refractivity contribution in [1.82, 2.24) is 4.57 Å². The highest BCUT2D eigenvalue weighted by molar-refractivity contribution is 7.85. The van der Waals surface area contributed by atoms with Crippen LogP contribution in [-0.2, 0) is 26.8 Å². The van der Waals surface area contributed by atoms with E-state index in [9.17, 15) is 39.6 Å². The van der Waals surface area contributed by atoms with E-state index in [1.54, 1.807) is 13.8 Å². The summed E-state index contributed by atoms with van der Waals surface area (Å²) in [5.74, 6) is -0.533. The zero-order valence-electron chi connectivity index (χ0n) is 18.3. The van der Waals surface area contributed by atoms with Crippen LogP contribution in [-0.4, -0.2) is 82.1 Å². The Morgan fingerprint density at radius 3 is 2.59 bits per heavy atom. The standard InChI is InChI=1S/C21H26N2O10S/c1-8-5-11(25)22-15-13(8)18(28)14-9(2)6-12(26)23(16(14)19(15)29)3-4-32-21-33-10(7-24)17(27)20(30)34(21)31/h5-6,10-11,17,20-22,24-25,27-30H,3-4,7H2,1-2H3. The van der Waals surface area contributed by atoms with Gasteiger partial charge in [-0.2, -0.15) is 0 Å². The lowest BCUT2D eigenvalue weighted by atomic mass is 9.94. The molecule has 34 heavy (non-hydrogen) atoms. The Morgan fingerprint density at radius 1 is 1.21 bits per heavy atom. The Balaban J connectivity index is 1.70. The minimum atomic E-state index is -2.16. The maximum Gasteiger partial charge on any atom is 0.251 e. The predicted octanol–water partition coefficient (Wildman–Crippen LogP) is -1.01. The van der Waals surface area contributed by atoms with Crippen LogP contribution in [0.15, 0.2) is 16.9 Å². The molecule has 0 aliphatic carbocycles. The maximum atomic E-state index is 12.8. The number of fused-ring (bicyclic) bond motifs is 2. The van der Waals surface area contributed by atoms with Gasteiger partial charge in [-0.05, 0) is 31.1 Å². The first kappa shape index (κ1) is 24.6. The van der Waals surface area contributed by atoms with E-state index in [2.05, 4.69) is 5.32 Å². The molecule has 3 heterocycles. The number of pyridine rings is 1. The van der Waals surface area contributed by atoms with Gasteiger partial charge in [0.2, 0.25) is 5.62 Å². The molecule has 6 unspecified atom stereocenters. The molecule has 0 bridgehead atoms. The van der Waals surface area contributed by atoms with Crippen molar-refractivity contribution in [3.8, 4) is 11.5 Å². The number of aryl methyl sites for hydroxylation is 1. The molecular formula is C21H26N2O10S. The van der Waals surface area contributed by atoms with Crippen molar-refractivity contribution in [2.75, 3.05) is 18.5 Å². The summed E-state index contributed by atoms with van der Waals surface area (Å²) in [5.41, 5.74) is -2.35. The van der Waals surface area contributed by atoms with Crippen molar-refractivity contribution in [3.63, 3.8) is 0 Å². The second-order valence-corrected chi connectivity index (χ2v) is 9.68. The number of phenolic OH excluding ortho intramolecular Hbond substituents is 2. The van der Waals surface area contributed by atoms with Gasteiger partial charge >= 0.3 is 0 Å². The SMILES string of the molecule is CC1=CC(O)Nc2c1c(O)c1c(C)cc(=O)n(CCOC3OC(CO)C(O)C(O)S3=O)c1c2O. The van der Waals surface area contributed by atoms with Gasteiger partial charge in [-0.1, -0.05) is 0 Å². The number of aliphatic hydroxyl groups is 4. The van der Waals surface area contributed by atoms with Crippen LogP contribution in [0.3, 0.4) is 0 Å². The molecule has 0 radical (unpaired) electrons. The van der Waals surface area contributed by atoms with E-state index in [4.69, 9.17) is 9.47 Å². The lowest BCUT2D eigenvalue weighted by molar-refractivity contribution is -0.183. The van der Waals surface area contributed by atoms with Crippen molar-refractivity contribution >= 4 is 33.0 Å². The van der Waals surface area contributed by atoms with Crippen LogP contribution in [0.5, 0.6) is 11.5 Å². The minimum absolute atomic E-state index is 0.00799. The highest BCUT2D eigenvalue weighted by atomic mass is 32.2. The Morgan fingerprint density at radius 2 is 1.91 bits per heavy atom. The highest BCUT2D eigenvalue weighted by Crippen LogP contribution is 2.48. The molecule has 0 amide bonds. The van der Waals surface area contributed by atoms with E-state index >= 15 is 0 Å². The molecule has 2 aromatic rings. The third kappa shape index (κ3) is 3.98. The Bertz CT molecular complexity index is 1240. The summed E-state index contributed by atoms with van der Waals surface area (Å²) in [6.07, 6.45) is -2.40. The molecule has 2 aliphatic rings. The van der Waals surface area contributed by atoms with Crippen molar-refractivity contribution in [3.05, 3.63) is 33.6 Å². The summed E-state index contributed by atoms with van der Waals surface area (Å²) in [7, 11) is -2.16. The number of aliphatic hydroxyl groups excluding tert-OH is 4. The molecule has 13 heteroatoms. The van der Waals surface area contributed by atoms with Gasteiger partial charge in [0.25, 0.3) is 5.56 Å². The van der Waals surface area contributed by atoms with E-state index in [-0.39, 0.29) is 41.2 Å². The maximum absolute atomic E-state index is 12.8. The second kappa shape index (κ2) is 9.26. The smallest absolute Gasteiger partial charge is 0.251 e. The van der Waals surface area contributed by atoms with Crippen LogP contribution in [0.2, 0.25) is 0 Å². The molecule has 4 rings (SSSR count). The number of aromatic nitrogens is 1. The van der Waals surface area contributed by atoms with Crippen molar-refractivity contribution in [2.45, 2.75) is 49.9 Å². The van der Waals surface area contributed by atoms with E-state index in [0.29, 0.717) is 16.7 Å². The first-order valence-electron chi connectivity index (χ1n) is 10.5. The number of aromatic hydroxyl groups is 2. The quantitative estimate of drug-likeness (QED) is 0.197. The van der Waals surface area contributed by atoms with Gasteiger partial charge in [0, 0.05) is 23.6 Å². The minimum Gasteiger partial charge on any atom is -0.507 e. The van der Waals surface area contributed by atoms with Gasteiger partial charge in [0.15, 0.2) is 11.2 Å².